The Labute approximate surface area is 133 Å². The fourth-order valence-corrected chi connectivity index (χ4v) is 3.00. The topological polar surface area (TPSA) is 41.6 Å². The Kier molecular flexibility index (Phi) is 6.40. The number of benzene rings is 1. The van der Waals surface area contributed by atoms with Gasteiger partial charge in [0.15, 0.2) is 0 Å². The van der Waals surface area contributed by atoms with Crippen LogP contribution in [-0.4, -0.2) is 43.7 Å². The molecule has 1 aromatic rings. The first-order chi connectivity index (χ1) is 10.6. The van der Waals surface area contributed by atoms with Crippen LogP contribution in [0.4, 0.5) is 0 Å². The molecule has 122 valence electrons. The van der Waals surface area contributed by atoms with E-state index in [1.54, 1.807) is 0 Å². The number of piperazine rings is 1. The molecule has 1 unspecified atom stereocenters. The molecule has 0 radical (unpaired) electrons. The van der Waals surface area contributed by atoms with Crippen LogP contribution < -0.4 is 5.32 Å². The molecule has 4 heteroatoms. The molecule has 1 N–H and O–H groups in total. The standard InChI is InChI=1S/C18H28N2O2/c1-4-5-10-22-18(21)17(20-8-6-19-7-9-20)16-12-14(2)11-15(3)13-16/h11-13,17,19H,4-10H2,1-3H3. The van der Waals surface area contributed by atoms with Gasteiger partial charge in [0.25, 0.3) is 0 Å². The van der Waals surface area contributed by atoms with Gasteiger partial charge in [0.1, 0.15) is 6.04 Å². The lowest BCUT2D eigenvalue weighted by Gasteiger charge is -2.34. The number of nitrogens with zero attached hydrogens (tertiary/aromatic N) is 1. The minimum atomic E-state index is -0.280. The highest BCUT2D eigenvalue weighted by molar-refractivity contribution is 5.78. The summed E-state index contributed by atoms with van der Waals surface area (Å²) in [6.07, 6.45) is 1.96. The third-order valence-electron chi connectivity index (χ3n) is 4.04. The average molecular weight is 304 g/mol. The maximum atomic E-state index is 12.7. The van der Waals surface area contributed by atoms with Crippen molar-refractivity contribution in [2.45, 2.75) is 39.7 Å². The van der Waals surface area contributed by atoms with E-state index in [1.807, 2.05) is 0 Å². The van der Waals surface area contributed by atoms with Crippen LogP contribution in [0, 0.1) is 13.8 Å². The van der Waals surface area contributed by atoms with Crippen molar-refractivity contribution in [1.82, 2.24) is 10.2 Å². The molecular weight excluding hydrogens is 276 g/mol. The lowest BCUT2D eigenvalue weighted by atomic mass is 9.99. The van der Waals surface area contributed by atoms with E-state index in [0.717, 1.165) is 44.6 Å². The number of nitrogens with one attached hydrogen (secondary N) is 1. The molecule has 1 saturated heterocycles. The summed E-state index contributed by atoms with van der Waals surface area (Å²) in [5.41, 5.74) is 3.44. The summed E-state index contributed by atoms with van der Waals surface area (Å²) < 4.78 is 5.53. The van der Waals surface area contributed by atoms with E-state index in [-0.39, 0.29) is 12.0 Å². The highest BCUT2D eigenvalue weighted by Crippen LogP contribution is 2.25. The number of aryl methyl sites for hydroxylation is 2. The maximum absolute atomic E-state index is 12.7. The molecule has 2 rings (SSSR count). The first-order valence-corrected chi connectivity index (χ1v) is 8.31. The second-order valence-corrected chi connectivity index (χ2v) is 6.13. The Morgan fingerprint density at radius 2 is 1.86 bits per heavy atom. The number of rotatable bonds is 6. The Morgan fingerprint density at radius 3 is 2.45 bits per heavy atom. The highest BCUT2D eigenvalue weighted by Gasteiger charge is 2.30. The van der Waals surface area contributed by atoms with Gasteiger partial charge in [-0.05, 0) is 25.8 Å². The van der Waals surface area contributed by atoms with Gasteiger partial charge in [-0.25, -0.2) is 4.79 Å². The van der Waals surface area contributed by atoms with Crippen molar-refractivity contribution in [2.75, 3.05) is 32.8 Å². The predicted molar refractivity (Wildman–Crippen MR) is 89.0 cm³/mol. The minimum absolute atomic E-state index is 0.111. The molecule has 0 aromatic heterocycles. The monoisotopic (exact) mass is 304 g/mol. The molecule has 1 heterocycles. The summed E-state index contributed by atoms with van der Waals surface area (Å²) >= 11 is 0. The normalized spacial score (nSPS) is 17.2. The van der Waals surface area contributed by atoms with Crippen LogP contribution >= 0.6 is 0 Å². The molecule has 4 nitrogen and oxygen atoms in total. The summed E-state index contributed by atoms with van der Waals surface area (Å²) in [4.78, 5) is 14.9. The van der Waals surface area contributed by atoms with Crippen LogP contribution in [0.1, 0.15) is 42.5 Å². The fraction of sp³-hybridized carbons (Fsp3) is 0.611. The summed E-state index contributed by atoms with van der Waals surface area (Å²) in [7, 11) is 0. The molecule has 1 aliphatic heterocycles. The zero-order chi connectivity index (χ0) is 15.9. The van der Waals surface area contributed by atoms with E-state index in [9.17, 15) is 4.79 Å². The molecule has 0 amide bonds. The van der Waals surface area contributed by atoms with Gasteiger partial charge in [-0.3, -0.25) is 4.90 Å². The van der Waals surface area contributed by atoms with Crippen molar-refractivity contribution in [3.8, 4) is 0 Å². The molecule has 0 spiro atoms. The van der Waals surface area contributed by atoms with Crippen molar-refractivity contribution < 1.29 is 9.53 Å². The number of carbonyl (C=O) groups is 1. The predicted octanol–water partition coefficient (Wildman–Crippen LogP) is 2.59. The first kappa shape index (κ1) is 17.0. The van der Waals surface area contributed by atoms with Gasteiger partial charge < -0.3 is 10.1 Å². The number of unbranched alkanes of at least 4 members (excludes halogenated alkanes) is 1. The van der Waals surface area contributed by atoms with E-state index < -0.39 is 0 Å². The Bertz CT molecular complexity index is 476. The molecule has 1 atom stereocenters. The largest absolute Gasteiger partial charge is 0.464 e. The SMILES string of the molecule is CCCCOC(=O)C(c1cc(C)cc(C)c1)N1CCNCC1. The molecule has 0 aliphatic carbocycles. The van der Waals surface area contributed by atoms with E-state index in [1.165, 1.54) is 11.1 Å². The van der Waals surface area contributed by atoms with E-state index in [4.69, 9.17) is 4.74 Å². The van der Waals surface area contributed by atoms with Gasteiger partial charge in [-0.15, -0.1) is 0 Å². The third-order valence-corrected chi connectivity index (χ3v) is 4.04. The number of esters is 1. The Hall–Kier alpha value is -1.39. The molecule has 1 aliphatic rings. The Morgan fingerprint density at radius 1 is 1.23 bits per heavy atom. The smallest absolute Gasteiger partial charge is 0.328 e. The van der Waals surface area contributed by atoms with Crippen molar-refractivity contribution in [3.63, 3.8) is 0 Å². The zero-order valence-electron chi connectivity index (χ0n) is 14.0. The van der Waals surface area contributed by atoms with Crippen molar-refractivity contribution >= 4 is 5.97 Å². The van der Waals surface area contributed by atoms with Crippen LogP contribution in [-0.2, 0) is 9.53 Å². The van der Waals surface area contributed by atoms with Crippen LogP contribution in [0.15, 0.2) is 18.2 Å². The van der Waals surface area contributed by atoms with Crippen LogP contribution in [0.25, 0.3) is 0 Å². The third kappa shape index (κ3) is 4.55. The second-order valence-electron chi connectivity index (χ2n) is 6.13. The van der Waals surface area contributed by atoms with Gasteiger partial charge in [-0.1, -0.05) is 42.7 Å². The molecule has 1 fully saturated rings. The van der Waals surface area contributed by atoms with Gasteiger partial charge in [0, 0.05) is 26.2 Å². The van der Waals surface area contributed by atoms with Crippen molar-refractivity contribution in [1.29, 1.82) is 0 Å². The average Bonchev–Trinajstić information content (AvgIpc) is 2.48. The summed E-state index contributed by atoms with van der Waals surface area (Å²) in [6, 6.07) is 6.08. The lowest BCUT2D eigenvalue weighted by molar-refractivity contribution is -0.150. The van der Waals surface area contributed by atoms with Gasteiger partial charge in [-0.2, -0.15) is 0 Å². The molecular formula is C18H28N2O2. The van der Waals surface area contributed by atoms with Crippen molar-refractivity contribution in [3.05, 3.63) is 34.9 Å². The number of ether oxygens (including phenoxy) is 1. The molecule has 0 bridgehead atoms. The van der Waals surface area contributed by atoms with Crippen LogP contribution in [0.5, 0.6) is 0 Å². The minimum Gasteiger partial charge on any atom is -0.464 e. The lowest BCUT2D eigenvalue weighted by Crippen LogP contribution is -2.47. The quantitative estimate of drug-likeness (QED) is 0.648. The molecule has 1 aromatic carbocycles. The molecule has 0 saturated carbocycles. The number of hydrogen-bond donors (Lipinski definition) is 1. The van der Waals surface area contributed by atoms with Crippen LogP contribution in [0.3, 0.4) is 0 Å². The highest BCUT2D eigenvalue weighted by atomic mass is 16.5. The molecule has 22 heavy (non-hydrogen) atoms. The summed E-state index contributed by atoms with van der Waals surface area (Å²) in [5, 5.41) is 3.34. The maximum Gasteiger partial charge on any atom is 0.328 e. The number of carbonyl (C=O) groups excluding carboxylic acids is 1. The first-order valence-electron chi connectivity index (χ1n) is 8.31. The van der Waals surface area contributed by atoms with E-state index >= 15 is 0 Å². The van der Waals surface area contributed by atoms with Gasteiger partial charge in [0.2, 0.25) is 0 Å². The van der Waals surface area contributed by atoms with E-state index in [2.05, 4.69) is 49.2 Å². The summed E-state index contributed by atoms with van der Waals surface area (Å²) in [6.45, 7) is 10.4. The van der Waals surface area contributed by atoms with Gasteiger partial charge >= 0.3 is 5.97 Å². The Balaban J connectivity index is 2.21. The number of hydrogen-bond acceptors (Lipinski definition) is 4. The van der Waals surface area contributed by atoms with E-state index in [0.29, 0.717) is 6.61 Å². The fourth-order valence-electron chi connectivity index (χ4n) is 3.00. The summed E-state index contributed by atoms with van der Waals surface area (Å²) in [5.74, 6) is -0.111. The second kappa shape index (κ2) is 8.30. The van der Waals surface area contributed by atoms with Gasteiger partial charge in [0.05, 0.1) is 6.61 Å². The van der Waals surface area contributed by atoms with Crippen LogP contribution in [0.2, 0.25) is 0 Å². The zero-order valence-corrected chi connectivity index (χ0v) is 14.0. The van der Waals surface area contributed by atoms with Crippen molar-refractivity contribution in [2.24, 2.45) is 0 Å².